The van der Waals surface area contributed by atoms with Crippen molar-refractivity contribution in [2.75, 3.05) is 13.6 Å². The van der Waals surface area contributed by atoms with Crippen molar-refractivity contribution in [1.29, 1.82) is 0 Å². The zero-order chi connectivity index (χ0) is 12.0. The van der Waals surface area contributed by atoms with Gasteiger partial charge in [0.1, 0.15) is 0 Å². The van der Waals surface area contributed by atoms with Gasteiger partial charge in [0.05, 0.1) is 12.9 Å². The van der Waals surface area contributed by atoms with Gasteiger partial charge in [-0.15, -0.1) is 0 Å². The Morgan fingerprint density at radius 3 is 2.38 bits per heavy atom. The first kappa shape index (κ1) is 13.3. The molecule has 2 heteroatoms. The van der Waals surface area contributed by atoms with Crippen molar-refractivity contribution in [1.82, 2.24) is 4.90 Å². The highest BCUT2D eigenvalue weighted by molar-refractivity contribution is 5.60. The Hall–Kier alpha value is -0.790. The molecule has 0 aromatic carbocycles. The highest BCUT2D eigenvalue weighted by Gasteiger charge is 2.21. The topological polar surface area (TPSA) is 15.6 Å². The van der Waals surface area contributed by atoms with Crippen LogP contribution < -0.4 is 0 Å². The van der Waals surface area contributed by atoms with Crippen LogP contribution in [0.5, 0.6) is 0 Å². The summed E-state index contributed by atoms with van der Waals surface area (Å²) in [6.07, 6.45) is 8.30. The molecule has 0 aromatic heterocycles. The van der Waals surface area contributed by atoms with E-state index in [1.165, 1.54) is 31.3 Å². The summed E-state index contributed by atoms with van der Waals surface area (Å²) in [6, 6.07) is 0. The molecule has 0 spiro atoms. The van der Waals surface area contributed by atoms with Gasteiger partial charge in [0.25, 0.3) is 0 Å². The minimum Gasteiger partial charge on any atom is -0.339 e. The van der Waals surface area contributed by atoms with E-state index in [4.69, 9.17) is 0 Å². The molecular formula is C14H26N2. The van der Waals surface area contributed by atoms with Crippen LogP contribution in [0.3, 0.4) is 0 Å². The van der Waals surface area contributed by atoms with E-state index in [9.17, 15) is 0 Å². The van der Waals surface area contributed by atoms with Crippen LogP contribution in [0.1, 0.15) is 52.9 Å². The van der Waals surface area contributed by atoms with Gasteiger partial charge in [-0.25, -0.2) is 0 Å². The van der Waals surface area contributed by atoms with Crippen LogP contribution in [-0.4, -0.2) is 24.8 Å². The summed E-state index contributed by atoms with van der Waals surface area (Å²) in [5.74, 6) is 0.738. The van der Waals surface area contributed by atoms with Crippen LogP contribution in [0.25, 0.3) is 0 Å². The fraction of sp³-hybridized carbons (Fsp3) is 0.786. The van der Waals surface area contributed by atoms with Crippen LogP contribution >= 0.6 is 0 Å². The first-order valence-electron chi connectivity index (χ1n) is 6.69. The normalized spacial score (nSPS) is 16.4. The molecule has 16 heavy (non-hydrogen) atoms. The predicted octanol–water partition coefficient (Wildman–Crippen LogP) is 3.84. The maximum Gasteiger partial charge on any atom is 0.0893 e. The Labute approximate surface area is 100 Å². The number of rotatable bonds is 6. The van der Waals surface area contributed by atoms with Crippen molar-refractivity contribution >= 4 is 6.34 Å². The minimum atomic E-state index is 0.738. The first-order chi connectivity index (χ1) is 7.74. The highest BCUT2D eigenvalue weighted by atomic mass is 15.2. The highest BCUT2D eigenvalue weighted by Crippen LogP contribution is 2.29. The Kier molecular flexibility index (Phi) is 5.58. The molecule has 2 nitrogen and oxygen atoms in total. The molecule has 0 aliphatic carbocycles. The molecular weight excluding hydrogens is 196 g/mol. The fourth-order valence-electron chi connectivity index (χ4n) is 2.65. The summed E-state index contributed by atoms with van der Waals surface area (Å²) in [6.45, 7) is 7.73. The summed E-state index contributed by atoms with van der Waals surface area (Å²) >= 11 is 0. The summed E-state index contributed by atoms with van der Waals surface area (Å²) < 4.78 is 0. The zero-order valence-corrected chi connectivity index (χ0v) is 11.3. The van der Waals surface area contributed by atoms with E-state index in [-0.39, 0.29) is 0 Å². The van der Waals surface area contributed by atoms with Crippen LogP contribution in [0.4, 0.5) is 0 Å². The molecule has 92 valence electrons. The molecule has 0 saturated heterocycles. The Morgan fingerprint density at radius 1 is 1.25 bits per heavy atom. The molecule has 0 fully saturated rings. The largest absolute Gasteiger partial charge is 0.339 e. The quantitative estimate of drug-likeness (QED) is 0.666. The molecule has 0 atom stereocenters. The van der Waals surface area contributed by atoms with Gasteiger partial charge < -0.3 is 4.90 Å². The molecule has 1 aliphatic heterocycles. The third kappa shape index (κ3) is 3.10. The van der Waals surface area contributed by atoms with Crippen molar-refractivity contribution in [3.05, 3.63) is 11.3 Å². The Morgan fingerprint density at radius 2 is 1.88 bits per heavy atom. The molecule has 1 aliphatic rings. The van der Waals surface area contributed by atoms with Crippen molar-refractivity contribution in [3.63, 3.8) is 0 Å². The zero-order valence-electron chi connectivity index (χ0n) is 11.3. The number of aliphatic imine (C=N–C) groups is 1. The number of hydrogen-bond donors (Lipinski definition) is 0. The summed E-state index contributed by atoms with van der Waals surface area (Å²) in [5.41, 5.74) is 3.10. The van der Waals surface area contributed by atoms with Crippen LogP contribution in [0, 0.1) is 5.92 Å². The lowest BCUT2D eigenvalue weighted by Crippen LogP contribution is -2.27. The molecule has 0 unspecified atom stereocenters. The van der Waals surface area contributed by atoms with Crippen molar-refractivity contribution in [2.24, 2.45) is 10.9 Å². The van der Waals surface area contributed by atoms with Gasteiger partial charge in [-0.1, -0.05) is 33.6 Å². The van der Waals surface area contributed by atoms with Gasteiger partial charge in [-0.3, -0.25) is 4.99 Å². The average Bonchev–Trinajstić information content (AvgIpc) is 2.28. The average molecular weight is 222 g/mol. The second kappa shape index (κ2) is 6.72. The van der Waals surface area contributed by atoms with E-state index in [1.54, 1.807) is 5.70 Å². The first-order valence-corrected chi connectivity index (χ1v) is 6.69. The van der Waals surface area contributed by atoms with E-state index in [2.05, 4.69) is 37.7 Å². The molecule has 1 rings (SSSR count). The Balaban J connectivity index is 2.88. The van der Waals surface area contributed by atoms with Gasteiger partial charge in [0.15, 0.2) is 0 Å². The lowest BCUT2D eigenvalue weighted by Gasteiger charge is -2.31. The predicted molar refractivity (Wildman–Crippen MR) is 71.7 cm³/mol. The van der Waals surface area contributed by atoms with E-state index < -0.39 is 0 Å². The van der Waals surface area contributed by atoms with Gasteiger partial charge in [-0.05, 0) is 30.8 Å². The molecule has 0 aromatic rings. The molecule has 0 saturated carbocycles. The molecule has 0 amide bonds. The third-order valence-corrected chi connectivity index (χ3v) is 3.37. The van der Waals surface area contributed by atoms with E-state index >= 15 is 0 Å². The Bertz CT molecular complexity index is 260. The van der Waals surface area contributed by atoms with Gasteiger partial charge in [0, 0.05) is 12.7 Å². The SMILES string of the molecule is CCCC(CCC)C1=C(CC)CN=CN1C. The lowest BCUT2D eigenvalue weighted by atomic mass is 9.89. The monoisotopic (exact) mass is 222 g/mol. The van der Waals surface area contributed by atoms with Crippen molar-refractivity contribution < 1.29 is 0 Å². The fourth-order valence-corrected chi connectivity index (χ4v) is 2.65. The van der Waals surface area contributed by atoms with Crippen molar-refractivity contribution in [2.45, 2.75) is 52.9 Å². The second-order valence-corrected chi connectivity index (χ2v) is 4.68. The molecule has 0 radical (unpaired) electrons. The van der Waals surface area contributed by atoms with Gasteiger partial charge in [0.2, 0.25) is 0 Å². The third-order valence-electron chi connectivity index (χ3n) is 3.37. The van der Waals surface area contributed by atoms with Crippen molar-refractivity contribution in [3.8, 4) is 0 Å². The van der Waals surface area contributed by atoms with E-state index in [0.717, 1.165) is 18.9 Å². The molecule has 0 N–H and O–H groups in total. The van der Waals surface area contributed by atoms with Crippen LogP contribution in [-0.2, 0) is 0 Å². The van der Waals surface area contributed by atoms with E-state index in [1.807, 2.05) is 6.34 Å². The number of nitrogens with zero attached hydrogens (tertiary/aromatic N) is 2. The van der Waals surface area contributed by atoms with E-state index in [0.29, 0.717) is 0 Å². The van der Waals surface area contributed by atoms with Crippen LogP contribution in [0.2, 0.25) is 0 Å². The second-order valence-electron chi connectivity index (χ2n) is 4.68. The number of hydrogen-bond acceptors (Lipinski definition) is 2. The number of allylic oxidation sites excluding steroid dienone is 1. The summed E-state index contributed by atoms with van der Waals surface area (Å²) in [7, 11) is 2.14. The van der Waals surface area contributed by atoms with Crippen LogP contribution in [0.15, 0.2) is 16.3 Å². The summed E-state index contributed by atoms with van der Waals surface area (Å²) in [5, 5.41) is 0. The molecule has 0 bridgehead atoms. The smallest absolute Gasteiger partial charge is 0.0893 e. The standard InChI is InChI=1S/C14H26N2/c1-5-8-13(9-6-2)14-12(7-3)10-15-11-16(14)4/h11,13H,5-10H2,1-4H3. The summed E-state index contributed by atoms with van der Waals surface area (Å²) in [4.78, 5) is 6.65. The minimum absolute atomic E-state index is 0.738. The molecule has 1 heterocycles. The van der Waals surface area contributed by atoms with Gasteiger partial charge in [-0.2, -0.15) is 0 Å². The lowest BCUT2D eigenvalue weighted by molar-refractivity contribution is 0.411. The maximum atomic E-state index is 4.41. The van der Waals surface area contributed by atoms with Gasteiger partial charge >= 0.3 is 0 Å². The maximum absolute atomic E-state index is 4.41.